The van der Waals surface area contributed by atoms with Crippen LogP contribution in [0.3, 0.4) is 0 Å². The van der Waals surface area contributed by atoms with Crippen molar-refractivity contribution in [1.82, 2.24) is 0 Å². The molecule has 0 aliphatic heterocycles. The molecule has 0 bridgehead atoms. The molecule has 0 heterocycles. The van der Waals surface area contributed by atoms with Crippen LogP contribution in [0.5, 0.6) is 0 Å². The minimum absolute atomic E-state index is 0.850. The minimum atomic E-state index is 0.850. The lowest BCUT2D eigenvalue weighted by atomic mass is 9.90. The fourth-order valence-corrected chi connectivity index (χ4v) is 3.10. The lowest BCUT2D eigenvalue weighted by molar-refractivity contribution is 0.421. The lowest BCUT2D eigenvalue weighted by Gasteiger charge is -2.15. The van der Waals surface area contributed by atoms with Gasteiger partial charge in [-0.25, -0.2) is 0 Å². The molecule has 0 aromatic heterocycles. The fraction of sp³-hybridized carbons (Fsp3) is 0.905. The van der Waals surface area contributed by atoms with E-state index in [0.29, 0.717) is 0 Å². The Labute approximate surface area is 135 Å². The van der Waals surface area contributed by atoms with Crippen LogP contribution in [0.25, 0.3) is 0 Å². The van der Waals surface area contributed by atoms with E-state index in [1.807, 2.05) is 0 Å². The first-order valence-corrected chi connectivity index (χ1v) is 9.94. The van der Waals surface area contributed by atoms with E-state index in [1.54, 1.807) is 0 Å². The molecular weight excluding hydrogens is 252 g/mol. The molecule has 0 nitrogen and oxygen atoms in total. The van der Waals surface area contributed by atoms with Crippen molar-refractivity contribution in [3.8, 4) is 0 Å². The molecule has 0 radical (unpaired) electrons. The van der Waals surface area contributed by atoms with Crippen LogP contribution in [0.1, 0.15) is 111 Å². The van der Waals surface area contributed by atoms with Crippen molar-refractivity contribution < 1.29 is 0 Å². The summed E-state index contributed by atoms with van der Waals surface area (Å²) in [5, 5.41) is 0. The topological polar surface area (TPSA) is 0 Å². The average Bonchev–Trinajstić information content (AvgIpc) is 2.51. The first-order valence-electron chi connectivity index (χ1n) is 9.94. The van der Waals surface area contributed by atoms with Crippen LogP contribution in [0.15, 0.2) is 12.2 Å². The second-order valence-corrected chi connectivity index (χ2v) is 6.86. The monoisotopic (exact) mass is 294 g/mol. The van der Waals surface area contributed by atoms with Crippen LogP contribution in [0, 0.1) is 11.8 Å². The predicted octanol–water partition coefficient (Wildman–Crippen LogP) is 7.93. The summed E-state index contributed by atoms with van der Waals surface area (Å²) < 4.78 is 0. The maximum Gasteiger partial charge on any atom is -0.0234 e. The Kier molecular flexibility index (Phi) is 15.9. The summed E-state index contributed by atoms with van der Waals surface area (Å²) in [5.74, 6) is 1.79. The Bertz CT molecular complexity index is 200. The Hall–Kier alpha value is -0.260. The Balaban J connectivity index is 4.19. The Morgan fingerprint density at radius 2 is 1.05 bits per heavy atom. The molecule has 126 valence electrons. The molecule has 21 heavy (non-hydrogen) atoms. The standard InChI is InChI=1S/C21H42/c1-5-9-14-20(15-10-6-2)18-13-19-21(16-11-7-3)17-12-8-4/h13,18,20-21H,5-12,14-17,19H2,1-4H3/b18-13+. The molecule has 0 saturated carbocycles. The molecule has 0 saturated heterocycles. The van der Waals surface area contributed by atoms with Crippen molar-refractivity contribution in [3.05, 3.63) is 12.2 Å². The second kappa shape index (κ2) is 16.1. The summed E-state index contributed by atoms with van der Waals surface area (Å²) in [7, 11) is 0. The van der Waals surface area contributed by atoms with E-state index in [-0.39, 0.29) is 0 Å². The molecule has 0 aliphatic rings. The average molecular weight is 295 g/mol. The molecule has 0 heteroatoms. The molecular formula is C21H42. The molecule has 0 fully saturated rings. The minimum Gasteiger partial charge on any atom is -0.0880 e. The zero-order chi connectivity index (χ0) is 15.8. The first-order chi connectivity index (χ1) is 10.3. The number of allylic oxidation sites excluding steroid dienone is 2. The van der Waals surface area contributed by atoms with E-state index in [2.05, 4.69) is 39.8 Å². The van der Waals surface area contributed by atoms with E-state index in [4.69, 9.17) is 0 Å². The van der Waals surface area contributed by atoms with Gasteiger partial charge in [0.05, 0.1) is 0 Å². The van der Waals surface area contributed by atoms with Crippen LogP contribution in [-0.2, 0) is 0 Å². The maximum absolute atomic E-state index is 2.57. The van der Waals surface area contributed by atoms with Gasteiger partial charge in [-0.3, -0.25) is 0 Å². The van der Waals surface area contributed by atoms with Gasteiger partial charge in [-0.15, -0.1) is 0 Å². The van der Waals surface area contributed by atoms with Gasteiger partial charge in [-0.2, -0.15) is 0 Å². The van der Waals surface area contributed by atoms with Crippen LogP contribution >= 0.6 is 0 Å². The Morgan fingerprint density at radius 3 is 1.48 bits per heavy atom. The van der Waals surface area contributed by atoms with E-state index >= 15 is 0 Å². The first kappa shape index (κ1) is 20.7. The summed E-state index contributed by atoms with van der Waals surface area (Å²) in [6, 6.07) is 0. The summed E-state index contributed by atoms with van der Waals surface area (Å²) in [6.45, 7) is 9.26. The molecule has 0 N–H and O–H groups in total. The van der Waals surface area contributed by atoms with Gasteiger partial charge < -0.3 is 0 Å². The molecule has 0 aliphatic carbocycles. The molecule has 0 aromatic carbocycles. The van der Waals surface area contributed by atoms with E-state index in [9.17, 15) is 0 Å². The normalized spacial score (nSPS) is 12.1. The zero-order valence-corrected chi connectivity index (χ0v) is 15.5. The van der Waals surface area contributed by atoms with Gasteiger partial charge in [-0.1, -0.05) is 104 Å². The fourth-order valence-electron chi connectivity index (χ4n) is 3.10. The quantitative estimate of drug-likeness (QED) is 0.269. The Morgan fingerprint density at radius 1 is 0.619 bits per heavy atom. The van der Waals surface area contributed by atoms with Crippen LogP contribution in [-0.4, -0.2) is 0 Å². The highest BCUT2D eigenvalue weighted by Crippen LogP contribution is 2.22. The summed E-state index contributed by atoms with van der Waals surface area (Å²) in [4.78, 5) is 0. The van der Waals surface area contributed by atoms with Crippen molar-refractivity contribution in [2.24, 2.45) is 11.8 Å². The highest BCUT2D eigenvalue weighted by atomic mass is 14.1. The molecule has 0 aromatic rings. The summed E-state index contributed by atoms with van der Waals surface area (Å²) >= 11 is 0. The van der Waals surface area contributed by atoms with Gasteiger partial charge in [-0.05, 0) is 31.1 Å². The lowest BCUT2D eigenvalue weighted by Crippen LogP contribution is -2.01. The van der Waals surface area contributed by atoms with Crippen molar-refractivity contribution in [2.45, 2.75) is 111 Å². The second-order valence-electron chi connectivity index (χ2n) is 6.86. The molecule has 0 spiro atoms. The van der Waals surface area contributed by atoms with E-state index < -0.39 is 0 Å². The third-order valence-electron chi connectivity index (χ3n) is 4.67. The van der Waals surface area contributed by atoms with Crippen molar-refractivity contribution in [2.75, 3.05) is 0 Å². The number of rotatable bonds is 15. The maximum atomic E-state index is 2.57. The molecule has 0 atom stereocenters. The van der Waals surface area contributed by atoms with Crippen LogP contribution in [0.2, 0.25) is 0 Å². The van der Waals surface area contributed by atoms with Crippen molar-refractivity contribution in [3.63, 3.8) is 0 Å². The SMILES string of the molecule is CCCCC(/C=C/CC(CCCC)CCCC)CCCC. The third kappa shape index (κ3) is 13.1. The van der Waals surface area contributed by atoms with Gasteiger partial charge in [0.1, 0.15) is 0 Å². The number of unbranched alkanes of at least 4 members (excludes halogenated alkanes) is 4. The number of hydrogen-bond donors (Lipinski definition) is 0. The smallest absolute Gasteiger partial charge is 0.0234 e. The van der Waals surface area contributed by atoms with Gasteiger partial charge >= 0.3 is 0 Å². The van der Waals surface area contributed by atoms with Crippen LogP contribution in [0.4, 0.5) is 0 Å². The van der Waals surface area contributed by atoms with Gasteiger partial charge in [0, 0.05) is 0 Å². The van der Waals surface area contributed by atoms with Gasteiger partial charge in [0.25, 0.3) is 0 Å². The van der Waals surface area contributed by atoms with Gasteiger partial charge in [0.2, 0.25) is 0 Å². The summed E-state index contributed by atoms with van der Waals surface area (Å²) in [5.41, 5.74) is 0. The summed E-state index contributed by atoms with van der Waals surface area (Å²) in [6.07, 6.45) is 23.1. The number of hydrogen-bond acceptors (Lipinski definition) is 0. The van der Waals surface area contributed by atoms with E-state index in [0.717, 1.165) is 11.8 Å². The van der Waals surface area contributed by atoms with Crippen molar-refractivity contribution >= 4 is 0 Å². The highest BCUT2D eigenvalue weighted by Gasteiger charge is 2.07. The van der Waals surface area contributed by atoms with E-state index in [1.165, 1.54) is 83.5 Å². The largest absolute Gasteiger partial charge is 0.0880 e. The zero-order valence-electron chi connectivity index (χ0n) is 15.5. The third-order valence-corrected chi connectivity index (χ3v) is 4.67. The van der Waals surface area contributed by atoms with Gasteiger partial charge in [0.15, 0.2) is 0 Å². The van der Waals surface area contributed by atoms with Crippen LogP contribution < -0.4 is 0 Å². The molecule has 0 amide bonds. The molecule has 0 rings (SSSR count). The predicted molar refractivity (Wildman–Crippen MR) is 98.8 cm³/mol. The molecule has 0 unspecified atom stereocenters. The highest BCUT2D eigenvalue weighted by molar-refractivity contribution is 4.90. The van der Waals surface area contributed by atoms with Crippen molar-refractivity contribution in [1.29, 1.82) is 0 Å².